The Hall–Kier alpha value is -2.99. The van der Waals surface area contributed by atoms with Gasteiger partial charge in [-0.25, -0.2) is 5.01 Å². The molecule has 1 heterocycles. The van der Waals surface area contributed by atoms with Gasteiger partial charge in [-0.15, -0.1) is 0 Å². The first-order valence-electron chi connectivity index (χ1n) is 8.26. The average Bonchev–Trinajstić information content (AvgIpc) is 2.98. The van der Waals surface area contributed by atoms with Crippen LogP contribution in [0, 0.1) is 0 Å². The minimum atomic E-state index is -1.53. The third kappa shape index (κ3) is 3.23. The van der Waals surface area contributed by atoms with E-state index in [9.17, 15) is 9.90 Å². The zero-order valence-electron chi connectivity index (χ0n) is 15.0. The lowest BCUT2D eigenvalue weighted by Gasteiger charge is -2.33. The number of allylic oxidation sites excluding steroid dienone is 1. The van der Waals surface area contributed by atoms with Gasteiger partial charge >= 0.3 is 0 Å². The van der Waals surface area contributed by atoms with Gasteiger partial charge in [0, 0.05) is 11.3 Å². The van der Waals surface area contributed by atoms with Crippen LogP contribution < -0.4 is 14.9 Å². The number of amides is 1. The zero-order valence-corrected chi connectivity index (χ0v) is 15.0. The van der Waals surface area contributed by atoms with E-state index in [1.807, 2.05) is 18.2 Å². The number of hydrazine groups is 1. The highest BCUT2D eigenvalue weighted by Gasteiger charge is 2.42. The Labute approximate surface area is 152 Å². The summed E-state index contributed by atoms with van der Waals surface area (Å²) in [5.74, 6) is 0.887. The zero-order chi connectivity index (χ0) is 18.7. The van der Waals surface area contributed by atoms with Crippen LogP contribution >= 0.6 is 0 Å². The molecule has 0 aromatic heterocycles. The Balaban J connectivity index is 1.85. The predicted octanol–water partition coefficient (Wildman–Crippen LogP) is 2.34. The number of carbonyl (C=O) groups excluding carboxylic acids is 1. The van der Waals surface area contributed by atoms with Crippen LogP contribution in [0.3, 0.4) is 0 Å². The summed E-state index contributed by atoms with van der Waals surface area (Å²) in [6.07, 6.45) is 1.73. The summed E-state index contributed by atoms with van der Waals surface area (Å²) in [6, 6.07) is 14.4. The number of nitrogens with one attached hydrogen (secondary N) is 1. The van der Waals surface area contributed by atoms with Crippen molar-refractivity contribution in [2.75, 3.05) is 14.2 Å². The van der Waals surface area contributed by atoms with E-state index < -0.39 is 5.72 Å². The maximum absolute atomic E-state index is 12.9. The van der Waals surface area contributed by atoms with Crippen molar-refractivity contribution in [3.05, 3.63) is 71.4 Å². The predicted molar refractivity (Wildman–Crippen MR) is 97.3 cm³/mol. The molecule has 2 N–H and O–H groups in total. The minimum Gasteiger partial charge on any atom is -0.493 e. The molecule has 6 heteroatoms. The highest BCUT2D eigenvalue weighted by Crippen LogP contribution is 2.33. The number of nitrogens with zero attached hydrogens (tertiary/aromatic N) is 1. The second-order valence-corrected chi connectivity index (χ2v) is 6.13. The number of aliphatic hydroxyl groups is 1. The molecule has 1 amide bonds. The van der Waals surface area contributed by atoms with Gasteiger partial charge in [0.25, 0.3) is 0 Å². The van der Waals surface area contributed by atoms with Gasteiger partial charge in [0.1, 0.15) is 0 Å². The van der Waals surface area contributed by atoms with Crippen molar-refractivity contribution < 1.29 is 19.4 Å². The molecule has 0 fully saturated rings. The van der Waals surface area contributed by atoms with Gasteiger partial charge < -0.3 is 14.6 Å². The van der Waals surface area contributed by atoms with Crippen LogP contribution in [0.2, 0.25) is 0 Å². The topological polar surface area (TPSA) is 71.0 Å². The molecule has 136 valence electrons. The quantitative estimate of drug-likeness (QED) is 0.862. The van der Waals surface area contributed by atoms with Gasteiger partial charge in [-0.1, -0.05) is 36.4 Å². The molecule has 3 rings (SSSR count). The van der Waals surface area contributed by atoms with Crippen molar-refractivity contribution in [3.8, 4) is 11.5 Å². The third-order valence-electron chi connectivity index (χ3n) is 4.30. The molecule has 1 aliphatic rings. The van der Waals surface area contributed by atoms with E-state index in [1.165, 1.54) is 5.01 Å². The van der Waals surface area contributed by atoms with Crippen LogP contribution in [0.25, 0.3) is 0 Å². The fourth-order valence-electron chi connectivity index (χ4n) is 3.05. The average molecular weight is 354 g/mol. The summed E-state index contributed by atoms with van der Waals surface area (Å²) in [4.78, 5) is 12.9. The normalized spacial score (nSPS) is 18.9. The first kappa shape index (κ1) is 17.8. The maximum atomic E-state index is 12.9. The minimum absolute atomic E-state index is 0.101. The van der Waals surface area contributed by atoms with Crippen LogP contribution in [-0.2, 0) is 16.9 Å². The third-order valence-corrected chi connectivity index (χ3v) is 4.30. The second-order valence-electron chi connectivity index (χ2n) is 6.13. The van der Waals surface area contributed by atoms with Gasteiger partial charge in [0.15, 0.2) is 11.5 Å². The lowest BCUT2D eigenvalue weighted by Crippen LogP contribution is -2.51. The molecule has 0 spiro atoms. The standard InChI is InChI=1S/C20H22N2O4/c1-14-13-20(24,16-7-5-4-6-8-16)22(21-14)19(23)12-15-9-10-17(25-2)18(11-15)26-3/h4-11,13,21,24H,12H2,1-3H3/t20-/m0/s1. The number of methoxy groups -OCH3 is 2. The number of benzene rings is 2. The maximum Gasteiger partial charge on any atom is 0.248 e. The molecule has 0 aliphatic carbocycles. The molecule has 2 aromatic carbocycles. The van der Waals surface area contributed by atoms with Crippen LogP contribution in [0.15, 0.2) is 60.3 Å². The largest absolute Gasteiger partial charge is 0.493 e. The number of rotatable bonds is 5. The highest BCUT2D eigenvalue weighted by atomic mass is 16.5. The molecular formula is C20H22N2O4. The van der Waals surface area contributed by atoms with E-state index in [0.29, 0.717) is 22.8 Å². The van der Waals surface area contributed by atoms with E-state index >= 15 is 0 Å². The van der Waals surface area contributed by atoms with Gasteiger partial charge in [0.2, 0.25) is 11.6 Å². The Kier molecular flexibility index (Phi) is 4.86. The van der Waals surface area contributed by atoms with E-state index in [4.69, 9.17) is 9.47 Å². The van der Waals surface area contributed by atoms with Crippen LogP contribution in [0.5, 0.6) is 11.5 Å². The fraction of sp³-hybridized carbons (Fsp3) is 0.250. The fourth-order valence-corrected chi connectivity index (χ4v) is 3.05. The Bertz CT molecular complexity index is 835. The van der Waals surface area contributed by atoms with Crippen LogP contribution in [0.4, 0.5) is 0 Å². The number of hydrogen-bond acceptors (Lipinski definition) is 5. The first-order valence-corrected chi connectivity index (χ1v) is 8.26. The van der Waals surface area contributed by atoms with E-state index in [0.717, 1.165) is 5.56 Å². The molecule has 0 saturated carbocycles. The summed E-state index contributed by atoms with van der Waals surface area (Å²) >= 11 is 0. The van der Waals surface area contributed by atoms with Crippen molar-refractivity contribution in [3.63, 3.8) is 0 Å². The van der Waals surface area contributed by atoms with Crippen molar-refractivity contribution in [1.82, 2.24) is 10.4 Å². The van der Waals surface area contributed by atoms with Crippen molar-refractivity contribution in [2.24, 2.45) is 0 Å². The Morgan fingerprint density at radius 3 is 2.46 bits per heavy atom. The summed E-state index contributed by atoms with van der Waals surface area (Å²) in [6.45, 7) is 1.80. The van der Waals surface area contributed by atoms with E-state index in [-0.39, 0.29) is 12.3 Å². The molecule has 0 unspecified atom stereocenters. The summed E-state index contributed by atoms with van der Waals surface area (Å²) in [5.41, 5.74) is 3.50. The van der Waals surface area contributed by atoms with Crippen LogP contribution in [-0.4, -0.2) is 30.2 Å². The van der Waals surface area contributed by atoms with Gasteiger partial charge in [0.05, 0.1) is 20.6 Å². The lowest BCUT2D eigenvalue weighted by atomic mass is 10.0. The van der Waals surface area contributed by atoms with Crippen LogP contribution in [0.1, 0.15) is 18.1 Å². The van der Waals surface area contributed by atoms with Gasteiger partial charge in [-0.2, -0.15) is 0 Å². The van der Waals surface area contributed by atoms with Crippen molar-refractivity contribution in [1.29, 1.82) is 0 Å². The number of ether oxygens (including phenoxy) is 2. The van der Waals surface area contributed by atoms with E-state index in [2.05, 4.69) is 5.43 Å². The first-order chi connectivity index (χ1) is 12.5. The molecule has 0 saturated heterocycles. The van der Waals surface area contributed by atoms with Crippen molar-refractivity contribution in [2.45, 2.75) is 19.1 Å². The summed E-state index contributed by atoms with van der Waals surface area (Å²) in [7, 11) is 3.11. The summed E-state index contributed by atoms with van der Waals surface area (Å²) in [5, 5.41) is 12.4. The molecule has 6 nitrogen and oxygen atoms in total. The molecule has 0 bridgehead atoms. The lowest BCUT2D eigenvalue weighted by molar-refractivity contribution is -0.155. The molecule has 2 aromatic rings. The van der Waals surface area contributed by atoms with Crippen molar-refractivity contribution >= 4 is 5.91 Å². The smallest absolute Gasteiger partial charge is 0.248 e. The van der Waals surface area contributed by atoms with Gasteiger partial charge in [-0.3, -0.25) is 10.2 Å². The second kappa shape index (κ2) is 7.09. The molecule has 0 radical (unpaired) electrons. The monoisotopic (exact) mass is 354 g/mol. The Morgan fingerprint density at radius 1 is 1.12 bits per heavy atom. The molecule has 1 aliphatic heterocycles. The Morgan fingerprint density at radius 2 is 1.81 bits per heavy atom. The number of hydrogen-bond donors (Lipinski definition) is 2. The SMILES string of the molecule is COc1ccc(CC(=O)N2NC(C)=C[C@]2(O)c2ccccc2)cc1OC. The molecule has 1 atom stereocenters. The number of carbonyl (C=O) groups is 1. The molecular weight excluding hydrogens is 332 g/mol. The van der Waals surface area contributed by atoms with Gasteiger partial charge in [-0.05, 0) is 30.7 Å². The highest BCUT2D eigenvalue weighted by molar-refractivity contribution is 5.80. The van der Waals surface area contributed by atoms with E-state index in [1.54, 1.807) is 57.6 Å². The summed E-state index contributed by atoms with van der Waals surface area (Å²) < 4.78 is 10.5. The molecule has 26 heavy (non-hydrogen) atoms.